The third-order valence-electron chi connectivity index (χ3n) is 3.65. The Morgan fingerprint density at radius 3 is 2.18 bits per heavy atom. The van der Waals surface area contributed by atoms with E-state index in [-0.39, 0.29) is 0 Å². The Morgan fingerprint density at radius 1 is 1.24 bits per heavy atom. The van der Waals surface area contributed by atoms with E-state index < -0.39 is 20.5 Å². The van der Waals surface area contributed by atoms with Gasteiger partial charge in [0, 0.05) is 18.5 Å². The van der Waals surface area contributed by atoms with Crippen molar-refractivity contribution >= 4 is 9.84 Å². The lowest BCUT2D eigenvalue weighted by Gasteiger charge is -2.12. The van der Waals surface area contributed by atoms with E-state index >= 15 is 0 Å². The van der Waals surface area contributed by atoms with Gasteiger partial charge in [-0.1, -0.05) is 17.7 Å². The first-order valence-electron chi connectivity index (χ1n) is 5.67. The summed E-state index contributed by atoms with van der Waals surface area (Å²) in [6.45, 7) is 2.59. The van der Waals surface area contributed by atoms with Crippen molar-refractivity contribution < 1.29 is 8.42 Å². The molecule has 0 bridgehead atoms. The van der Waals surface area contributed by atoms with Crippen LogP contribution in [0.3, 0.4) is 0 Å². The fourth-order valence-electron chi connectivity index (χ4n) is 2.15. The summed E-state index contributed by atoms with van der Waals surface area (Å²) < 4.78 is 24.7. The molecule has 1 unspecified atom stereocenters. The number of benzene rings is 1. The molecule has 1 aliphatic rings. The van der Waals surface area contributed by atoms with E-state index in [9.17, 15) is 8.42 Å². The maximum Gasteiger partial charge on any atom is 0.181 e. The smallest absolute Gasteiger partial charge is 0.181 e. The average Bonchev–Trinajstić information content (AvgIpc) is 3.06. The van der Waals surface area contributed by atoms with E-state index in [1.54, 1.807) is 12.1 Å². The second-order valence-electron chi connectivity index (χ2n) is 4.82. The van der Waals surface area contributed by atoms with Crippen molar-refractivity contribution in [3.05, 3.63) is 29.8 Å². The SMILES string of the molecule is Cc1ccc(S(=O)(=O)C2CC2(CN)CN)cc1. The highest BCUT2D eigenvalue weighted by atomic mass is 32.2. The van der Waals surface area contributed by atoms with Crippen molar-refractivity contribution in [1.29, 1.82) is 0 Å². The molecule has 17 heavy (non-hydrogen) atoms. The first kappa shape index (κ1) is 12.5. The molecule has 0 aromatic heterocycles. The van der Waals surface area contributed by atoms with Gasteiger partial charge in [-0.15, -0.1) is 0 Å². The summed E-state index contributed by atoms with van der Waals surface area (Å²) in [4.78, 5) is 0.372. The predicted molar refractivity (Wildman–Crippen MR) is 67.3 cm³/mol. The van der Waals surface area contributed by atoms with Crippen LogP contribution in [0.1, 0.15) is 12.0 Å². The lowest BCUT2D eigenvalue weighted by Crippen LogP contribution is -2.31. The van der Waals surface area contributed by atoms with Crippen molar-refractivity contribution in [1.82, 2.24) is 0 Å². The Morgan fingerprint density at radius 2 is 1.76 bits per heavy atom. The van der Waals surface area contributed by atoms with Crippen LogP contribution in [0.2, 0.25) is 0 Å². The van der Waals surface area contributed by atoms with Crippen LogP contribution in [-0.4, -0.2) is 26.8 Å². The highest BCUT2D eigenvalue weighted by molar-refractivity contribution is 7.92. The van der Waals surface area contributed by atoms with E-state index in [0.717, 1.165) is 5.56 Å². The molecule has 94 valence electrons. The number of hydrogen-bond acceptors (Lipinski definition) is 4. The molecule has 0 spiro atoms. The van der Waals surface area contributed by atoms with Crippen LogP contribution in [0.25, 0.3) is 0 Å². The molecule has 0 heterocycles. The summed E-state index contributed by atoms with van der Waals surface area (Å²) in [5.74, 6) is 0. The molecule has 4 N–H and O–H groups in total. The van der Waals surface area contributed by atoms with E-state index in [1.165, 1.54) is 0 Å². The summed E-state index contributed by atoms with van der Waals surface area (Å²) >= 11 is 0. The molecule has 5 heteroatoms. The van der Waals surface area contributed by atoms with Gasteiger partial charge in [0.1, 0.15) is 0 Å². The Kier molecular flexibility index (Phi) is 3.01. The first-order valence-corrected chi connectivity index (χ1v) is 7.21. The van der Waals surface area contributed by atoms with E-state index in [2.05, 4.69) is 0 Å². The zero-order valence-electron chi connectivity index (χ0n) is 9.89. The van der Waals surface area contributed by atoms with Crippen molar-refractivity contribution in [2.75, 3.05) is 13.1 Å². The van der Waals surface area contributed by atoms with E-state index in [0.29, 0.717) is 24.4 Å². The van der Waals surface area contributed by atoms with Gasteiger partial charge in [-0.2, -0.15) is 0 Å². The molecule has 1 aromatic rings. The minimum absolute atomic E-state index is 0.333. The van der Waals surface area contributed by atoms with Crippen molar-refractivity contribution in [3.8, 4) is 0 Å². The molecule has 1 aliphatic carbocycles. The second kappa shape index (κ2) is 4.08. The second-order valence-corrected chi connectivity index (χ2v) is 6.95. The summed E-state index contributed by atoms with van der Waals surface area (Å²) in [5, 5.41) is -0.410. The number of aryl methyl sites for hydroxylation is 1. The van der Waals surface area contributed by atoms with Gasteiger partial charge in [0.2, 0.25) is 0 Å². The molecular formula is C12H18N2O2S. The van der Waals surface area contributed by atoms with Gasteiger partial charge in [-0.05, 0) is 25.5 Å². The third kappa shape index (κ3) is 1.99. The van der Waals surface area contributed by atoms with Crippen LogP contribution < -0.4 is 11.5 Å². The van der Waals surface area contributed by atoms with Crippen LogP contribution >= 0.6 is 0 Å². The largest absolute Gasteiger partial charge is 0.330 e. The van der Waals surface area contributed by atoms with Crippen molar-refractivity contribution in [2.24, 2.45) is 16.9 Å². The molecule has 2 rings (SSSR count). The molecule has 0 amide bonds. The van der Waals surface area contributed by atoms with Crippen LogP contribution in [0, 0.1) is 12.3 Å². The van der Waals surface area contributed by atoms with E-state index in [1.807, 2.05) is 19.1 Å². The van der Waals surface area contributed by atoms with Gasteiger partial charge < -0.3 is 11.5 Å². The molecule has 0 saturated heterocycles. The minimum Gasteiger partial charge on any atom is -0.330 e. The maximum atomic E-state index is 12.3. The van der Waals surface area contributed by atoms with Gasteiger partial charge in [0.25, 0.3) is 0 Å². The van der Waals surface area contributed by atoms with Gasteiger partial charge in [-0.25, -0.2) is 8.42 Å². The quantitative estimate of drug-likeness (QED) is 0.816. The van der Waals surface area contributed by atoms with Crippen LogP contribution in [0.5, 0.6) is 0 Å². The lowest BCUT2D eigenvalue weighted by molar-refractivity contribution is 0.525. The summed E-state index contributed by atoms with van der Waals surface area (Å²) in [7, 11) is -3.27. The van der Waals surface area contributed by atoms with Gasteiger partial charge in [0.05, 0.1) is 10.1 Å². The molecule has 1 fully saturated rings. The fraction of sp³-hybridized carbons (Fsp3) is 0.500. The Bertz CT molecular complexity index is 504. The average molecular weight is 254 g/mol. The topological polar surface area (TPSA) is 86.2 Å². The lowest BCUT2D eigenvalue weighted by atomic mass is 10.1. The van der Waals surface area contributed by atoms with Crippen LogP contribution in [0.4, 0.5) is 0 Å². The van der Waals surface area contributed by atoms with Gasteiger partial charge in [0.15, 0.2) is 9.84 Å². The maximum absolute atomic E-state index is 12.3. The number of hydrogen-bond donors (Lipinski definition) is 2. The minimum atomic E-state index is -3.27. The van der Waals surface area contributed by atoms with Crippen molar-refractivity contribution in [3.63, 3.8) is 0 Å². The number of rotatable bonds is 4. The molecule has 0 radical (unpaired) electrons. The first-order chi connectivity index (χ1) is 7.96. The van der Waals surface area contributed by atoms with E-state index in [4.69, 9.17) is 11.5 Å². The summed E-state index contributed by atoms with van der Waals surface area (Å²) in [6, 6.07) is 6.92. The fourth-order valence-corrected chi connectivity index (χ4v) is 4.40. The molecular weight excluding hydrogens is 236 g/mol. The summed E-state index contributed by atoms with van der Waals surface area (Å²) in [5.41, 5.74) is 11.9. The molecule has 4 nitrogen and oxygen atoms in total. The Balaban J connectivity index is 2.30. The zero-order chi connectivity index (χ0) is 12.7. The number of sulfone groups is 1. The molecule has 1 aromatic carbocycles. The van der Waals surface area contributed by atoms with Crippen LogP contribution in [0.15, 0.2) is 29.2 Å². The zero-order valence-corrected chi connectivity index (χ0v) is 10.7. The summed E-state index contributed by atoms with van der Waals surface area (Å²) in [6.07, 6.45) is 0.580. The monoisotopic (exact) mass is 254 g/mol. The Labute approximate surface area is 102 Å². The predicted octanol–water partition coefficient (Wildman–Crippen LogP) is 0.445. The standard InChI is InChI=1S/C12H18N2O2S/c1-9-2-4-10(5-3-9)17(15,16)11-6-12(11,7-13)8-14/h2-5,11H,6-8,13-14H2,1H3. The Hall–Kier alpha value is -0.910. The van der Waals surface area contributed by atoms with Crippen LogP contribution in [-0.2, 0) is 9.84 Å². The normalized spacial score (nSPS) is 22.4. The van der Waals surface area contributed by atoms with Crippen molar-refractivity contribution in [2.45, 2.75) is 23.5 Å². The molecule has 1 atom stereocenters. The van der Waals surface area contributed by atoms with Gasteiger partial charge in [-0.3, -0.25) is 0 Å². The third-order valence-corrected chi connectivity index (χ3v) is 6.00. The molecule has 0 aliphatic heterocycles. The highest BCUT2D eigenvalue weighted by Gasteiger charge is 2.59. The molecule has 1 saturated carbocycles. The number of nitrogens with two attached hydrogens (primary N) is 2. The highest BCUT2D eigenvalue weighted by Crippen LogP contribution is 2.50. The van der Waals surface area contributed by atoms with Gasteiger partial charge >= 0.3 is 0 Å².